The van der Waals surface area contributed by atoms with Crippen molar-refractivity contribution in [2.45, 2.75) is 9.79 Å². The van der Waals surface area contributed by atoms with Gasteiger partial charge < -0.3 is 0 Å². The Morgan fingerprint density at radius 3 is 1.43 bits per heavy atom. The van der Waals surface area contributed by atoms with Crippen molar-refractivity contribution in [3.05, 3.63) is 60.7 Å². The normalized spacial score (nSPS) is 11.3. The van der Waals surface area contributed by atoms with Crippen LogP contribution in [0.2, 0.25) is 0 Å². The topological polar surface area (TPSA) is 106 Å². The molecule has 0 atom stereocenters. The van der Waals surface area contributed by atoms with Gasteiger partial charge in [-0.05, 0) is 29.2 Å². The van der Waals surface area contributed by atoms with Crippen molar-refractivity contribution in [2.75, 3.05) is 0 Å². The van der Waals surface area contributed by atoms with E-state index in [-0.39, 0.29) is 9.79 Å². The van der Waals surface area contributed by atoms with Crippen LogP contribution in [0.3, 0.4) is 0 Å². The third-order valence-corrected chi connectivity index (χ3v) is 4.25. The Kier molecular flexibility index (Phi) is 5.97. The molecule has 9 heteroatoms. The van der Waals surface area contributed by atoms with Gasteiger partial charge in [0.05, 0.1) is 9.79 Å². The van der Waals surface area contributed by atoms with Crippen LogP contribution >= 0.6 is 0 Å². The van der Waals surface area contributed by atoms with Crippen LogP contribution < -0.4 is 10.1 Å². The summed E-state index contributed by atoms with van der Waals surface area (Å²) < 4.78 is 54.3. The summed E-state index contributed by atoms with van der Waals surface area (Å²) >= 11 is 0. The summed E-state index contributed by atoms with van der Waals surface area (Å²) in [4.78, 5) is 0.797. The van der Waals surface area contributed by atoms with Crippen LogP contribution in [0, 0.1) is 0 Å². The molecule has 0 radical (unpaired) electrons. The molecule has 21 heavy (non-hydrogen) atoms. The van der Waals surface area contributed by atoms with E-state index >= 15 is 0 Å². The van der Waals surface area contributed by atoms with E-state index in [1.54, 1.807) is 24.3 Å². The number of hydrogen-bond acceptors (Lipinski definition) is 4. The van der Waals surface area contributed by atoms with Gasteiger partial charge in [0.2, 0.25) is 10.0 Å². The molecule has 6 nitrogen and oxygen atoms in total. The Morgan fingerprint density at radius 2 is 1.14 bits per heavy atom. The molecule has 0 aliphatic rings. The van der Waals surface area contributed by atoms with E-state index in [0.717, 1.165) is 4.94 Å². The first-order valence-corrected chi connectivity index (χ1v) is 8.55. The molecule has 0 heterocycles. The van der Waals surface area contributed by atoms with E-state index in [1.165, 1.54) is 36.4 Å². The summed E-state index contributed by atoms with van der Waals surface area (Å²) in [6, 6.07) is 15.2. The van der Waals surface area contributed by atoms with Crippen molar-refractivity contribution in [3.8, 4) is 0 Å². The van der Waals surface area contributed by atoms with E-state index in [4.69, 9.17) is 5.14 Å². The van der Waals surface area contributed by atoms with Gasteiger partial charge in [-0.1, -0.05) is 36.4 Å². The monoisotopic (exact) mass is 332 g/mol. The Morgan fingerprint density at radius 1 is 0.762 bits per heavy atom. The predicted octanol–water partition coefficient (Wildman–Crippen LogP) is 1.18. The molecule has 0 aliphatic carbocycles. The third kappa shape index (κ3) is 5.60. The van der Waals surface area contributed by atoms with Crippen molar-refractivity contribution in [1.29, 1.82) is 0 Å². The first-order valence-electron chi connectivity index (χ1n) is 5.53. The van der Waals surface area contributed by atoms with Crippen molar-refractivity contribution in [1.82, 2.24) is 4.94 Å². The zero-order valence-electron chi connectivity index (χ0n) is 10.7. The molecular formula is C12H13FN2O4S2. The highest BCUT2D eigenvalue weighted by Crippen LogP contribution is 2.06. The lowest BCUT2D eigenvalue weighted by molar-refractivity contribution is 0.425. The van der Waals surface area contributed by atoms with Crippen molar-refractivity contribution < 1.29 is 21.3 Å². The molecule has 114 valence electrons. The number of nitrogens with one attached hydrogen (secondary N) is 1. The molecule has 0 amide bonds. The number of halogens is 1. The maximum absolute atomic E-state index is 11.6. The average molecular weight is 332 g/mol. The summed E-state index contributed by atoms with van der Waals surface area (Å²) in [7, 11) is -7.42. The molecule has 2 aromatic rings. The predicted molar refractivity (Wildman–Crippen MR) is 75.7 cm³/mol. The third-order valence-electron chi connectivity index (χ3n) is 2.23. The second kappa shape index (κ2) is 7.27. The number of nitrogens with two attached hydrogens (primary N) is 1. The lowest BCUT2D eigenvalue weighted by atomic mass is 10.4. The van der Waals surface area contributed by atoms with Gasteiger partial charge >= 0.3 is 0 Å². The lowest BCUT2D eigenvalue weighted by Gasteiger charge is -1.96. The van der Waals surface area contributed by atoms with Crippen LogP contribution in [0.1, 0.15) is 0 Å². The van der Waals surface area contributed by atoms with Crippen LogP contribution in [0.5, 0.6) is 0 Å². The summed E-state index contributed by atoms with van der Waals surface area (Å²) in [6.07, 6.45) is 0. The zero-order chi connectivity index (χ0) is 15.9. The molecule has 0 fully saturated rings. The van der Waals surface area contributed by atoms with Gasteiger partial charge in [-0.3, -0.25) is 0 Å². The molecule has 3 N–H and O–H groups in total. The van der Waals surface area contributed by atoms with Gasteiger partial charge in [-0.25, -0.2) is 22.0 Å². The molecule has 0 aliphatic heterocycles. The Balaban J connectivity index is 0.000000211. The maximum atomic E-state index is 11.6. The largest absolute Gasteiger partial charge is 0.266 e. The first kappa shape index (κ1) is 17.2. The van der Waals surface area contributed by atoms with E-state index < -0.39 is 20.0 Å². The van der Waals surface area contributed by atoms with E-state index in [1.807, 2.05) is 0 Å². The number of rotatable bonds is 3. The minimum atomic E-state index is -3.91. The Hall–Kier alpha value is -1.81. The van der Waals surface area contributed by atoms with E-state index in [9.17, 15) is 21.3 Å². The van der Waals surface area contributed by atoms with Gasteiger partial charge in [-0.15, -0.1) is 4.48 Å². The molecule has 2 rings (SSSR count). The molecule has 0 spiro atoms. The molecule has 0 saturated carbocycles. The highest BCUT2D eigenvalue weighted by molar-refractivity contribution is 7.89. The summed E-state index contributed by atoms with van der Waals surface area (Å²) in [5.41, 5.74) is 0. The highest BCUT2D eigenvalue weighted by Gasteiger charge is 2.11. The van der Waals surface area contributed by atoms with Crippen LogP contribution in [0.15, 0.2) is 70.5 Å². The van der Waals surface area contributed by atoms with Gasteiger partial charge in [0, 0.05) is 0 Å². The highest BCUT2D eigenvalue weighted by atomic mass is 32.2. The van der Waals surface area contributed by atoms with Gasteiger partial charge in [0.1, 0.15) is 0 Å². The first-order chi connectivity index (χ1) is 9.77. The summed E-state index contributed by atoms with van der Waals surface area (Å²) in [5.74, 6) is 0. The van der Waals surface area contributed by atoms with Crippen LogP contribution in [-0.2, 0) is 20.0 Å². The number of benzene rings is 2. The molecule has 0 aromatic heterocycles. The summed E-state index contributed by atoms with van der Waals surface area (Å²) in [5, 5.41) is 4.83. The fraction of sp³-hybridized carbons (Fsp3) is 0. The Labute approximate surface area is 122 Å². The van der Waals surface area contributed by atoms with Crippen LogP contribution in [-0.4, -0.2) is 16.8 Å². The smallest absolute Gasteiger partial charge is 0.225 e. The average Bonchev–Trinajstić information content (AvgIpc) is 2.49. The van der Waals surface area contributed by atoms with Crippen molar-refractivity contribution >= 4 is 20.0 Å². The minimum absolute atomic E-state index is 0.0810. The van der Waals surface area contributed by atoms with Gasteiger partial charge in [-0.2, -0.15) is 0 Å². The number of hydrogen-bond donors (Lipinski definition) is 2. The quantitative estimate of drug-likeness (QED) is 0.823. The molecule has 0 saturated heterocycles. The fourth-order valence-corrected chi connectivity index (χ4v) is 2.40. The number of primary sulfonamides is 1. The molecular weight excluding hydrogens is 319 g/mol. The molecule has 0 unspecified atom stereocenters. The second-order valence-electron chi connectivity index (χ2n) is 3.75. The second-order valence-corrected chi connectivity index (χ2v) is 6.95. The van der Waals surface area contributed by atoms with E-state index in [0.29, 0.717) is 0 Å². The summed E-state index contributed by atoms with van der Waals surface area (Å²) in [6.45, 7) is 0. The minimum Gasteiger partial charge on any atom is -0.225 e. The Bertz CT molecular complexity index is 763. The van der Waals surface area contributed by atoms with E-state index in [2.05, 4.69) is 0 Å². The number of sulfonamides is 2. The van der Waals surface area contributed by atoms with Crippen LogP contribution in [0.25, 0.3) is 0 Å². The van der Waals surface area contributed by atoms with Crippen molar-refractivity contribution in [2.24, 2.45) is 5.14 Å². The standard InChI is InChI=1S/C6H6FNO2S.C6H7NO2S/c7-8-11(9,10)6-4-2-1-3-5-6;7-10(8,9)6-4-2-1-3-5-6/h1-5,8H;1-5H,(H2,7,8,9). The lowest BCUT2D eigenvalue weighted by Crippen LogP contribution is -2.14. The maximum Gasteiger partial charge on any atom is 0.266 e. The SMILES string of the molecule is NS(=O)(=O)c1ccccc1.O=S(=O)(NF)c1ccccc1. The fourth-order valence-electron chi connectivity index (χ4n) is 1.25. The van der Waals surface area contributed by atoms with Gasteiger partial charge in [0.25, 0.3) is 10.0 Å². The molecule has 2 aromatic carbocycles. The van der Waals surface area contributed by atoms with Crippen LogP contribution in [0.4, 0.5) is 4.48 Å². The molecule has 0 bridgehead atoms. The zero-order valence-corrected chi connectivity index (χ0v) is 12.3. The van der Waals surface area contributed by atoms with Gasteiger partial charge in [0.15, 0.2) is 0 Å². The van der Waals surface area contributed by atoms with Crippen molar-refractivity contribution in [3.63, 3.8) is 0 Å².